The number of benzene rings is 1. The van der Waals surface area contributed by atoms with Crippen LogP contribution in [0, 0.1) is 0 Å². The van der Waals surface area contributed by atoms with E-state index in [9.17, 15) is 0 Å². The number of hydrogen-bond acceptors (Lipinski definition) is 2. The smallest absolute Gasteiger partial charge is 0.0602 e. The number of ether oxygens (including phenoxy) is 1. The van der Waals surface area contributed by atoms with Crippen LogP contribution < -0.4 is 0 Å². The average Bonchev–Trinajstić information content (AvgIpc) is 2.85. The summed E-state index contributed by atoms with van der Waals surface area (Å²) in [5.41, 5.74) is 4.26. The minimum absolute atomic E-state index is 0.415. The van der Waals surface area contributed by atoms with Gasteiger partial charge in [0.15, 0.2) is 0 Å². The van der Waals surface area contributed by atoms with Crippen LogP contribution in [0.25, 0.3) is 10.9 Å². The van der Waals surface area contributed by atoms with Crippen molar-refractivity contribution in [2.75, 3.05) is 20.2 Å². The normalized spacial score (nSPS) is 27.2. The van der Waals surface area contributed by atoms with Crippen LogP contribution in [0.3, 0.4) is 0 Å². The van der Waals surface area contributed by atoms with E-state index in [2.05, 4.69) is 34.1 Å². The summed E-state index contributed by atoms with van der Waals surface area (Å²) in [5.74, 6) is 0. The Hall–Kier alpha value is -1.32. The maximum atomic E-state index is 5.59. The second-order valence-corrected chi connectivity index (χ2v) is 5.75. The zero-order chi connectivity index (χ0) is 12.8. The van der Waals surface area contributed by atoms with Crippen molar-refractivity contribution in [1.29, 1.82) is 0 Å². The first-order valence-corrected chi connectivity index (χ1v) is 7.23. The predicted octanol–water partition coefficient (Wildman–Crippen LogP) is 2.88. The molecule has 0 radical (unpaired) electrons. The number of piperidine rings is 1. The third-order valence-corrected chi connectivity index (χ3v) is 4.83. The van der Waals surface area contributed by atoms with Crippen LogP contribution in [0.5, 0.6) is 0 Å². The summed E-state index contributed by atoms with van der Waals surface area (Å²) in [4.78, 5) is 6.28. The molecule has 0 unspecified atom stereocenters. The lowest BCUT2D eigenvalue weighted by Crippen LogP contribution is -2.43. The second-order valence-electron chi connectivity index (χ2n) is 5.75. The number of aromatic nitrogens is 1. The van der Waals surface area contributed by atoms with Crippen LogP contribution in [0.4, 0.5) is 0 Å². The Kier molecular flexibility index (Phi) is 2.64. The van der Waals surface area contributed by atoms with E-state index >= 15 is 0 Å². The molecular formula is C16H20N2O. The van der Waals surface area contributed by atoms with Gasteiger partial charge in [-0.05, 0) is 30.9 Å². The van der Waals surface area contributed by atoms with Crippen LogP contribution in [0.2, 0.25) is 0 Å². The first kappa shape index (κ1) is 11.5. The standard InChI is InChI=1S/C16H20N2O/c1-19-11-6-8-18-9-7-13-12-4-2-3-5-14(12)17-16(13)15(18)10-11/h2-5,11,15,17H,6-10H2,1H3/t11-,15+/m1/s1. The Bertz CT molecular complexity index is 604. The molecular weight excluding hydrogens is 236 g/mol. The van der Waals surface area contributed by atoms with Crippen molar-refractivity contribution >= 4 is 10.9 Å². The highest BCUT2D eigenvalue weighted by Crippen LogP contribution is 2.39. The van der Waals surface area contributed by atoms with Gasteiger partial charge >= 0.3 is 0 Å². The van der Waals surface area contributed by atoms with Gasteiger partial charge in [-0.3, -0.25) is 4.90 Å². The lowest BCUT2D eigenvalue weighted by molar-refractivity contribution is 0.00572. The lowest BCUT2D eigenvalue weighted by atomic mass is 9.89. The van der Waals surface area contributed by atoms with Crippen LogP contribution >= 0.6 is 0 Å². The zero-order valence-corrected chi connectivity index (χ0v) is 11.4. The Morgan fingerprint density at radius 2 is 2.16 bits per heavy atom. The Morgan fingerprint density at radius 1 is 1.26 bits per heavy atom. The first-order valence-electron chi connectivity index (χ1n) is 7.23. The summed E-state index contributed by atoms with van der Waals surface area (Å²) >= 11 is 0. The number of rotatable bonds is 1. The topological polar surface area (TPSA) is 28.3 Å². The fraction of sp³-hybridized carbons (Fsp3) is 0.500. The zero-order valence-electron chi connectivity index (χ0n) is 11.4. The molecule has 3 heteroatoms. The third kappa shape index (κ3) is 1.72. The van der Waals surface area contributed by atoms with Crippen molar-refractivity contribution in [2.24, 2.45) is 0 Å². The number of aromatic amines is 1. The van der Waals surface area contributed by atoms with Gasteiger partial charge < -0.3 is 9.72 Å². The van der Waals surface area contributed by atoms with E-state index in [1.54, 1.807) is 0 Å². The van der Waals surface area contributed by atoms with Crippen molar-refractivity contribution in [3.63, 3.8) is 0 Å². The summed E-state index contributed by atoms with van der Waals surface area (Å²) in [6.45, 7) is 2.36. The molecule has 2 aromatic rings. The van der Waals surface area contributed by atoms with E-state index in [1.807, 2.05) is 7.11 Å². The molecule has 0 bridgehead atoms. The SMILES string of the molecule is CO[C@@H]1CCN2CCc3c([nH]c4ccccc34)[C@@H]2C1. The summed E-state index contributed by atoms with van der Waals surface area (Å²) in [6, 6.07) is 9.21. The number of methoxy groups -OCH3 is 1. The van der Waals surface area contributed by atoms with Gasteiger partial charge in [0.05, 0.1) is 12.1 Å². The molecule has 1 saturated heterocycles. The summed E-state index contributed by atoms with van der Waals surface area (Å²) < 4.78 is 5.59. The monoisotopic (exact) mass is 256 g/mol. The highest BCUT2D eigenvalue weighted by Gasteiger charge is 2.35. The van der Waals surface area contributed by atoms with Gasteiger partial charge in [0, 0.05) is 36.8 Å². The van der Waals surface area contributed by atoms with Crippen molar-refractivity contribution in [3.8, 4) is 0 Å². The molecule has 4 rings (SSSR count). The van der Waals surface area contributed by atoms with Crippen LogP contribution in [0.15, 0.2) is 24.3 Å². The Morgan fingerprint density at radius 3 is 3.05 bits per heavy atom. The fourth-order valence-corrected chi connectivity index (χ4v) is 3.79. The van der Waals surface area contributed by atoms with Crippen LogP contribution in [-0.2, 0) is 11.2 Å². The minimum Gasteiger partial charge on any atom is -0.381 e. The molecule has 1 aromatic carbocycles. The van der Waals surface area contributed by atoms with Gasteiger partial charge in [0.25, 0.3) is 0 Å². The molecule has 1 fully saturated rings. The van der Waals surface area contributed by atoms with Gasteiger partial charge in [-0.15, -0.1) is 0 Å². The van der Waals surface area contributed by atoms with E-state index in [0.717, 1.165) is 13.0 Å². The molecule has 0 aliphatic carbocycles. The second kappa shape index (κ2) is 4.36. The van der Waals surface area contributed by atoms with Crippen LogP contribution in [-0.4, -0.2) is 36.2 Å². The van der Waals surface area contributed by atoms with Crippen LogP contribution in [0.1, 0.15) is 30.1 Å². The average molecular weight is 256 g/mol. The van der Waals surface area contributed by atoms with Gasteiger partial charge in [-0.25, -0.2) is 0 Å². The van der Waals surface area contributed by atoms with E-state index in [4.69, 9.17) is 4.74 Å². The molecule has 0 spiro atoms. The maximum Gasteiger partial charge on any atom is 0.0602 e. The van der Waals surface area contributed by atoms with E-state index in [-0.39, 0.29) is 0 Å². The van der Waals surface area contributed by atoms with Gasteiger partial charge in [-0.2, -0.15) is 0 Å². The van der Waals surface area contributed by atoms with E-state index in [0.29, 0.717) is 12.1 Å². The summed E-state index contributed by atoms with van der Waals surface area (Å²) in [6.07, 6.45) is 3.88. The van der Waals surface area contributed by atoms with Crippen molar-refractivity contribution in [3.05, 3.63) is 35.5 Å². The molecule has 2 aliphatic rings. The Labute approximate surface area is 113 Å². The number of nitrogens with zero attached hydrogens (tertiary/aromatic N) is 1. The van der Waals surface area contributed by atoms with E-state index in [1.165, 1.54) is 41.5 Å². The first-order chi connectivity index (χ1) is 9.36. The van der Waals surface area contributed by atoms with Gasteiger partial charge in [0.2, 0.25) is 0 Å². The predicted molar refractivity (Wildman–Crippen MR) is 76.3 cm³/mol. The molecule has 3 heterocycles. The number of hydrogen-bond donors (Lipinski definition) is 1. The highest BCUT2D eigenvalue weighted by molar-refractivity contribution is 5.85. The molecule has 19 heavy (non-hydrogen) atoms. The molecule has 1 N–H and O–H groups in total. The molecule has 2 atom stereocenters. The maximum absolute atomic E-state index is 5.59. The molecule has 1 aromatic heterocycles. The van der Waals surface area contributed by atoms with E-state index < -0.39 is 0 Å². The molecule has 0 amide bonds. The molecule has 0 saturated carbocycles. The van der Waals surface area contributed by atoms with Crippen molar-refractivity contribution < 1.29 is 4.74 Å². The number of fused-ring (bicyclic) bond motifs is 5. The van der Waals surface area contributed by atoms with Gasteiger partial charge in [-0.1, -0.05) is 18.2 Å². The molecule has 2 aliphatic heterocycles. The minimum atomic E-state index is 0.415. The van der Waals surface area contributed by atoms with Crippen molar-refractivity contribution in [2.45, 2.75) is 31.4 Å². The molecule has 100 valence electrons. The number of para-hydroxylation sites is 1. The quantitative estimate of drug-likeness (QED) is 0.849. The largest absolute Gasteiger partial charge is 0.381 e. The number of H-pyrrole nitrogens is 1. The summed E-state index contributed by atoms with van der Waals surface area (Å²) in [5, 5.41) is 1.41. The Balaban J connectivity index is 1.80. The molecule has 3 nitrogen and oxygen atoms in total. The lowest BCUT2D eigenvalue weighted by Gasteiger charge is -2.41. The third-order valence-electron chi connectivity index (χ3n) is 4.83. The summed E-state index contributed by atoms with van der Waals surface area (Å²) in [7, 11) is 1.84. The fourth-order valence-electron chi connectivity index (χ4n) is 3.79. The van der Waals surface area contributed by atoms with Crippen molar-refractivity contribution in [1.82, 2.24) is 9.88 Å². The number of nitrogens with one attached hydrogen (secondary N) is 1. The van der Waals surface area contributed by atoms with Gasteiger partial charge in [0.1, 0.15) is 0 Å². The highest BCUT2D eigenvalue weighted by atomic mass is 16.5.